The number of halogens is 3. The van der Waals surface area contributed by atoms with E-state index in [1.165, 1.54) is 51.1 Å². The number of hydrogen-bond acceptors (Lipinski definition) is 2. The summed E-state index contributed by atoms with van der Waals surface area (Å²) >= 11 is 0. The Balaban J connectivity index is 1.25. The molecule has 0 aliphatic heterocycles. The highest BCUT2D eigenvalue weighted by molar-refractivity contribution is 5.17. The maximum Gasteiger partial charge on any atom is 0.433 e. The summed E-state index contributed by atoms with van der Waals surface area (Å²) < 4.78 is 38.7. The van der Waals surface area contributed by atoms with E-state index in [4.69, 9.17) is 0 Å². The zero-order chi connectivity index (χ0) is 25.0. The number of hydrogen-bond donors (Lipinski definition) is 1. The fraction of sp³-hybridized carbons (Fsp3) is 0.833. The Bertz CT molecular complexity index is 885. The van der Waals surface area contributed by atoms with Crippen LogP contribution < -0.4 is 0 Å². The molecule has 35 heavy (non-hydrogen) atoms. The van der Waals surface area contributed by atoms with Gasteiger partial charge in [-0.2, -0.15) is 13.2 Å². The van der Waals surface area contributed by atoms with Crippen molar-refractivity contribution in [2.75, 3.05) is 0 Å². The molecule has 0 amide bonds. The molecule has 4 aliphatic rings. The first-order valence-corrected chi connectivity index (χ1v) is 14.3. The van der Waals surface area contributed by atoms with E-state index < -0.39 is 17.5 Å². The van der Waals surface area contributed by atoms with E-state index in [2.05, 4.69) is 25.8 Å². The van der Waals surface area contributed by atoms with Gasteiger partial charge >= 0.3 is 6.18 Å². The number of fused-ring (bicyclic) bond motifs is 5. The summed E-state index contributed by atoms with van der Waals surface area (Å²) in [6.45, 7) is 7.04. The van der Waals surface area contributed by atoms with Crippen LogP contribution in [0.5, 0.6) is 0 Å². The first-order chi connectivity index (χ1) is 16.5. The largest absolute Gasteiger partial charge is 0.433 e. The smallest absolute Gasteiger partial charge is 0.390 e. The van der Waals surface area contributed by atoms with Crippen molar-refractivity contribution in [1.29, 1.82) is 0 Å². The van der Waals surface area contributed by atoms with Gasteiger partial charge in [0.05, 0.1) is 5.60 Å². The lowest BCUT2D eigenvalue weighted by Gasteiger charge is -2.57. The Morgan fingerprint density at radius 1 is 1.03 bits per heavy atom. The fourth-order valence-electron chi connectivity index (χ4n) is 9.86. The molecule has 5 rings (SSSR count). The van der Waals surface area contributed by atoms with E-state index in [-0.39, 0.29) is 0 Å². The van der Waals surface area contributed by atoms with Gasteiger partial charge in [0.25, 0.3) is 0 Å². The predicted octanol–water partition coefficient (Wildman–Crippen LogP) is 8.08. The summed E-state index contributed by atoms with van der Waals surface area (Å²) in [4.78, 5) is 3.70. The fourth-order valence-corrected chi connectivity index (χ4v) is 9.86. The molecule has 1 heterocycles. The molecule has 0 saturated heterocycles. The van der Waals surface area contributed by atoms with Crippen LogP contribution in [0.4, 0.5) is 13.2 Å². The molecule has 5 heteroatoms. The molecule has 0 bridgehead atoms. The third-order valence-electron chi connectivity index (χ3n) is 11.3. The van der Waals surface area contributed by atoms with Gasteiger partial charge in [-0.25, -0.2) is 0 Å². The number of alkyl halides is 3. The number of nitrogens with zero attached hydrogens (tertiary/aromatic N) is 1. The van der Waals surface area contributed by atoms with Gasteiger partial charge in [0, 0.05) is 6.20 Å². The number of pyridine rings is 1. The second kappa shape index (κ2) is 9.33. The molecule has 0 unspecified atom stereocenters. The van der Waals surface area contributed by atoms with Crippen LogP contribution in [0, 0.1) is 46.8 Å². The van der Waals surface area contributed by atoms with E-state index in [1.807, 2.05) is 0 Å². The van der Waals surface area contributed by atoms with E-state index in [1.54, 1.807) is 6.07 Å². The van der Waals surface area contributed by atoms with Crippen molar-refractivity contribution in [3.63, 3.8) is 0 Å². The second-order valence-electron chi connectivity index (χ2n) is 13.1. The maximum absolute atomic E-state index is 12.9. The molecule has 2 nitrogen and oxygen atoms in total. The average molecular weight is 492 g/mol. The Kier molecular flexibility index (Phi) is 6.81. The van der Waals surface area contributed by atoms with Gasteiger partial charge in [-0.05, 0) is 129 Å². The van der Waals surface area contributed by atoms with Gasteiger partial charge in [-0.1, -0.05) is 33.3 Å². The van der Waals surface area contributed by atoms with Crippen molar-refractivity contribution in [2.24, 2.45) is 46.8 Å². The van der Waals surface area contributed by atoms with Crippen molar-refractivity contribution < 1.29 is 18.3 Å². The lowest BCUT2D eigenvalue weighted by molar-refractivity contribution is -0.141. The van der Waals surface area contributed by atoms with Crippen molar-refractivity contribution in [3.05, 3.63) is 29.6 Å². The van der Waals surface area contributed by atoms with Crippen molar-refractivity contribution in [3.8, 4) is 0 Å². The standard InChI is InChI=1S/C30H44F3NO/c1-4-13-29(35)15-12-22-21(17-29)6-7-24-23(22)11-14-28(3)25(8-9-26(24)28)19(2)16-20-5-10-27(34-18-20)30(31,32)33/h5,10,18-19,21-26,35H,4,6-9,11-17H2,1-3H3/t19-,21+,22-,23+,24+,25+,26-,28+,29+/m0/s1. The predicted molar refractivity (Wildman–Crippen MR) is 133 cm³/mol. The van der Waals surface area contributed by atoms with Gasteiger partial charge in [0.15, 0.2) is 0 Å². The van der Waals surface area contributed by atoms with Gasteiger partial charge < -0.3 is 5.11 Å². The Labute approximate surface area is 209 Å². The maximum atomic E-state index is 12.9. The first-order valence-electron chi connectivity index (χ1n) is 14.3. The highest BCUT2D eigenvalue weighted by atomic mass is 19.4. The monoisotopic (exact) mass is 491 g/mol. The van der Waals surface area contributed by atoms with Crippen LogP contribution >= 0.6 is 0 Å². The Morgan fingerprint density at radius 2 is 1.80 bits per heavy atom. The molecule has 4 fully saturated rings. The highest BCUT2D eigenvalue weighted by Gasteiger charge is 2.58. The van der Waals surface area contributed by atoms with Crippen LogP contribution in [-0.4, -0.2) is 15.7 Å². The lowest BCUT2D eigenvalue weighted by atomic mass is 9.48. The van der Waals surface area contributed by atoms with Gasteiger partial charge in [0.1, 0.15) is 5.69 Å². The third kappa shape index (κ3) is 4.68. The SMILES string of the molecule is CCC[C@@]1(O)CC[C@H]2[C@H](CC[C@@H]3[C@@H]2CC[C@]2(C)[C@@H]([C@@H](C)Cc4ccc(C(F)(F)F)nc4)CC[C@@H]32)C1. The zero-order valence-electron chi connectivity index (χ0n) is 21.8. The number of rotatable bonds is 5. The molecule has 1 aromatic rings. The Hall–Kier alpha value is -1.10. The van der Waals surface area contributed by atoms with Gasteiger partial charge in [-0.15, -0.1) is 0 Å². The quantitative estimate of drug-likeness (QED) is 0.452. The van der Waals surface area contributed by atoms with E-state index >= 15 is 0 Å². The normalized spacial score (nSPS) is 42.1. The van der Waals surface area contributed by atoms with Gasteiger partial charge in [-0.3, -0.25) is 4.98 Å². The van der Waals surface area contributed by atoms with Crippen LogP contribution in [0.1, 0.15) is 103 Å². The molecular formula is C30H44F3NO. The van der Waals surface area contributed by atoms with E-state index in [0.29, 0.717) is 23.2 Å². The van der Waals surface area contributed by atoms with Crippen LogP contribution in [0.25, 0.3) is 0 Å². The van der Waals surface area contributed by atoms with E-state index in [0.717, 1.165) is 67.4 Å². The molecule has 9 atom stereocenters. The minimum absolute atomic E-state index is 0.352. The van der Waals surface area contributed by atoms with Gasteiger partial charge in [0.2, 0.25) is 0 Å². The molecular weight excluding hydrogens is 447 g/mol. The minimum atomic E-state index is -4.37. The molecule has 0 aromatic carbocycles. The van der Waals surface area contributed by atoms with Crippen LogP contribution in [-0.2, 0) is 12.6 Å². The first kappa shape index (κ1) is 25.5. The molecule has 4 saturated carbocycles. The molecule has 1 N–H and O–H groups in total. The van der Waals surface area contributed by atoms with Crippen LogP contribution in [0.2, 0.25) is 0 Å². The van der Waals surface area contributed by atoms with Crippen LogP contribution in [0.15, 0.2) is 18.3 Å². The highest BCUT2D eigenvalue weighted by Crippen LogP contribution is 2.66. The average Bonchev–Trinajstić information content (AvgIpc) is 3.16. The van der Waals surface area contributed by atoms with Crippen molar-refractivity contribution in [2.45, 2.75) is 110 Å². The Morgan fingerprint density at radius 3 is 2.49 bits per heavy atom. The molecule has 196 valence electrons. The molecule has 4 aliphatic carbocycles. The second-order valence-corrected chi connectivity index (χ2v) is 13.1. The van der Waals surface area contributed by atoms with Crippen molar-refractivity contribution in [1.82, 2.24) is 4.98 Å². The summed E-state index contributed by atoms with van der Waals surface area (Å²) in [7, 11) is 0. The van der Waals surface area contributed by atoms with Crippen molar-refractivity contribution >= 4 is 0 Å². The minimum Gasteiger partial charge on any atom is -0.390 e. The molecule has 0 radical (unpaired) electrons. The zero-order valence-corrected chi connectivity index (χ0v) is 21.8. The number of aromatic nitrogens is 1. The topological polar surface area (TPSA) is 33.1 Å². The summed E-state index contributed by atoms with van der Waals surface area (Å²) in [6, 6.07) is 2.76. The summed E-state index contributed by atoms with van der Waals surface area (Å²) in [6.07, 6.45) is 11.0. The summed E-state index contributed by atoms with van der Waals surface area (Å²) in [5, 5.41) is 11.1. The third-order valence-corrected chi connectivity index (χ3v) is 11.3. The summed E-state index contributed by atoms with van der Waals surface area (Å²) in [5.41, 5.74) is 0.0669. The number of aliphatic hydroxyl groups is 1. The summed E-state index contributed by atoms with van der Waals surface area (Å²) in [5.74, 6) is 5.07. The molecule has 1 aromatic heterocycles. The lowest BCUT2D eigenvalue weighted by Crippen LogP contribution is -2.51. The van der Waals surface area contributed by atoms with E-state index in [9.17, 15) is 18.3 Å². The molecule has 0 spiro atoms. The van der Waals surface area contributed by atoms with Crippen LogP contribution in [0.3, 0.4) is 0 Å².